The molecule has 0 radical (unpaired) electrons. The maximum Gasteiger partial charge on any atom is 0.245 e. The number of amides is 2. The van der Waals surface area contributed by atoms with E-state index in [4.69, 9.17) is 11.6 Å². The van der Waals surface area contributed by atoms with Gasteiger partial charge in [-0.25, -0.2) is 4.39 Å². The summed E-state index contributed by atoms with van der Waals surface area (Å²) in [5, 5.41) is 2.66. The highest BCUT2D eigenvalue weighted by atomic mass is 35.5. The molecule has 1 heterocycles. The van der Waals surface area contributed by atoms with Crippen LogP contribution < -0.4 is 5.32 Å². The van der Waals surface area contributed by atoms with Gasteiger partial charge in [0.25, 0.3) is 0 Å². The molecule has 0 aromatic heterocycles. The maximum atomic E-state index is 14.0. The first-order valence-corrected chi connectivity index (χ1v) is 7.24. The fourth-order valence-electron chi connectivity index (χ4n) is 2.58. The number of halogens is 2. The van der Waals surface area contributed by atoms with E-state index >= 15 is 0 Å². The van der Waals surface area contributed by atoms with Gasteiger partial charge in [-0.3, -0.25) is 9.59 Å². The number of nitrogens with one attached hydrogen (secondary N) is 1. The summed E-state index contributed by atoms with van der Waals surface area (Å²) in [4.78, 5) is 25.9. The Morgan fingerprint density at radius 1 is 1.38 bits per heavy atom. The number of carbonyl (C=O) groups is 2. The van der Waals surface area contributed by atoms with Gasteiger partial charge in [-0.2, -0.15) is 0 Å². The van der Waals surface area contributed by atoms with Crippen LogP contribution in [0.3, 0.4) is 0 Å². The maximum absolute atomic E-state index is 14.0. The molecule has 1 fully saturated rings. The van der Waals surface area contributed by atoms with Gasteiger partial charge in [0, 0.05) is 12.1 Å². The van der Waals surface area contributed by atoms with Gasteiger partial charge in [0.2, 0.25) is 11.8 Å². The lowest BCUT2D eigenvalue weighted by atomic mass is 9.96. The molecule has 2 rings (SSSR count). The Hall–Kier alpha value is -1.62. The lowest BCUT2D eigenvalue weighted by molar-refractivity contribution is -0.151. The first-order valence-electron chi connectivity index (χ1n) is 6.86. The standard InChI is InChI=1S/C15H18ClFN2O2/c1-8(2)13-14(20)18-9(3)15(21)19(13)7-10-5-4-6-11(16)12(10)17/h4-6,8-9,13H,7H2,1-3H3,(H,18,20). The first kappa shape index (κ1) is 15.8. The molecule has 0 bridgehead atoms. The van der Waals surface area contributed by atoms with Crippen molar-refractivity contribution in [2.24, 2.45) is 5.92 Å². The van der Waals surface area contributed by atoms with Crippen molar-refractivity contribution in [2.45, 2.75) is 39.4 Å². The fourth-order valence-corrected chi connectivity index (χ4v) is 2.77. The summed E-state index contributed by atoms with van der Waals surface area (Å²) in [6.45, 7) is 5.37. The highest BCUT2D eigenvalue weighted by molar-refractivity contribution is 6.30. The number of hydrogen-bond acceptors (Lipinski definition) is 2. The van der Waals surface area contributed by atoms with Gasteiger partial charge in [-0.15, -0.1) is 0 Å². The van der Waals surface area contributed by atoms with Crippen LogP contribution in [-0.2, 0) is 16.1 Å². The molecule has 0 aliphatic carbocycles. The Kier molecular flexibility index (Phi) is 4.52. The van der Waals surface area contributed by atoms with E-state index in [0.29, 0.717) is 5.56 Å². The Labute approximate surface area is 128 Å². The van der Waals surface area contributed by atoms with Gasteiger partial charge in [0.05, 0.1) is 5.02 Å². The third kappa shape index (κ3) is 3.02. The third-order valence-electron chi connectivity index (χ3n) is 3.62. The lowest BCUT2D eigenvalue weighted by Crippen LogP contribution is -2.63. The normalized spacial score (nSPS) is 22.7. The Morgan fingerprint density at radius 2 is 2.05 bits per heavy atom. The molecule has 2 atom stereocenters. The van der Waals surface area contributed by atoms with E-state index in [-0.39, 0.29) is 29.3 Å². The van der Waals surface area contributed by atoms with Crippen molar-refractivity contribution < 1.29 is 14.0 Å². The highest BCUT2D eigenvalue weighted by Gasteiger charge is 2.40. The van der Waals surface area contributed by atoms with Crippen molar-refractivity contribution in [3.63, 3.8) is 0 Å². The second kappa shape index (κ2) is 6.02. The minimum absolute atomic E-state index is 0.00977. The van der Waals surface area contributed by atoms with Crippen molar-refractivity contribution in [3.8, 4) is 0 Å². The molecule has 1 aliphatic heterocycles. The van der Waals surface area contributed by atoms with Crippen LogP contribution in [0.2, 0.25) is 5.02 Å². The fraction of sp³-hybridized carbons (Fsp3) is 0.467. The van der Waals surface area contributed by atoms with Crippen LogP contribution in [-0.4, -0.2) is 28.8 Å². The smallest absolute Gasteiger partial charge is 0.245 e. The largest absolute Gasteiger partial charge is 0.343 e. The summed E-state index contributed by atoms with van der Waals surface area (Å²) in [7, 11) is 0. The molecule has 21 heavy (non-hydrogen) atoms. The van der Waals surface area contributed by atoms with Crippen molar-refractivity contribution in [3.05, 3.63) is 34.6 Å². The summed E-state index contributed by atoms with van der Waals surface area (Å²) in [6, 6.07) is 3.45. The molecule has 1 N–H and O–H groups in total. The van der Waals surface area contributed by atoms with Crippen LogP contribution in [0.15, 0.2) is 18.2 Å². The van der Waals surface area contributed by atoms with E-state index in [1.807, 2.05) is 13.8 Å². The lowest BCUT2D eigenvalue weighted by Gasteiger charge is -2.40. The molecule has 0 spiro atoms. The quantitative estimate of drug-likeness (QED) is 0.931. The van der Waals surface area contributed by atoms with Crippen LogP contribution in [0, 0.1) is 11.7 Å². The van der Waals surface area contributed by atoms with Gasteiger partial charge < -0.3 is 10.2 Å². The second-order valence-corrected chi connectivity index (χ2v) is 6.01. The zero-order valence-electron chi connectivity index (χ0n) is 12.2. The molecule has 1 aromatic rings. The Morgan fingerprint density at radius 3 is 2.67 bits per heavy atom. The number of benzene rings is 1. The van der Waals surface area contributed by atoms with Crippen LogP contribution in [0.25, 0.3) is 0 Å². The summed E-state index contributed by atoms with van der Waals surface area (Å²) >= 11 is 5.77. The van der Waals surface area contributed by atoms with Crippen molar-refractivity contribution in [1.29, 1.82) is 0 Å². The van der Waals surface area contributed by atoms with E-state index in [1.165, 1.54) is 11.0 Å². The predicted molar refractivity (Wildman–Crippen MR) is 78.2 cm³/mol. The Bertz CT molecular complexity index is 577. The molecule has 1 saturated heterocycles. The molecule has 2 unspecified atom stereocenters. The van der Waals surface area contributed by atoms with E-state index in [9.17, 15) is 14.0 Å². The molecular weight excluding hydrogens is 295 g/mol. The molecule has 114 valence electrons. The Balaban J connectivity index is 2.35. The summed E-state index contributed by atoms with van der Waals surface area (Å²) in [5.41, 5.74) is 0.309. The van der Waals surface area contributed by atoms with E-state index in [0.717, 1.165) is 0 Å². The summed E-state index contributed by atoms with van der Waals surface area (Å²) < 4.78 is 14.0. The molecule has 6 heteroatoms. The van der Waals surface area contributed by atoms with Crippen LogP contribution in [0.5, 0.6) is 0 Å². The van der Waals surface area contributed by atoms with Crippen LogP contribution in [0.1, 0.15) is 26.3 Å². The zero-order valence-corrected chi connectivity index (χ0v) is 12.9. The minimum atomic E-state index is -0.605. The predicted octanol–water partition coefficient (Wildman–Crippen LogP) is 2.35. The van der Waals surface area contributed by atoms with Crippen molar-refractivity contribution in [1.82, 2.24) is 10.2 Å². The number of carbonyl (C=O) groups excluding carboxylic acids is 2. The molecule has 4 nitrogen and oxygen atoms in total. The molecule has 0 saturated carbocycles. The summed E-state index contributed by atoms with van der Waals surface area (Å²) in [5.74, 6) is -1.04. The van der Waals surface area contributed by atoms with Crippen molar-refractivity contribution >= 4 is 23.4 Å². The number of piperazine rings is 1. The first-order chi connectivity index (χ1) is 9.82. The molecule has 1 aromatic carbocycles. The van der Waals surface area contributed by atoms with E-state index < -0.39 is 17.9 Å². The van der Waals surface area contributed by atoms with Gasteiger partial charge in [0.1, 0.15) is 17.9 Å². The van der Waals surface area contributed by atoms with Gasteiger partial charge >= 0.3 is 0 Å². The highest BCUT2D eigenvalue weighted by Crippen LogP contribution is 2.24. The third-order valence-corrected chi connectivity index (χ3v) is 3.91. The van der Waals surface area contributed by atoms with Gasteiger partial charge in [0.15, 0.2) is 0 Å². The second-order valence-electron chi connectivity index (χ2n) is 5.60. The molecule has 1 aliphatic rings. The molecular formula is C15H18ClFN2O2. The average molecular weight is 313 g/mol. The number of hydrogen-bond donors (Lipinski definition) is 1. The number of nitrogens with zero attached hydrogens (tertiary/aromatic N) is 1. The van der Waals surface area contributed by atoms with Gasteiger partial charge in [-0.05, 0) is 18.9 Å². The van der Waals surface area contributed by atoms with Gasteiger partial charge in [-0.1, -0.05) is 37.6 Å². The van der Waals surface area contributed by atoms with Crippen molar-refractivity contribution in [2.75, 3.05) is 0 Å². The summed E-state index contributed by atoms with van der Waals surface area (Å²) in [6.07, 6.45) is 0. The monoisotopic (exact) mass is 312 g/mol. The number of rotatable bonds is 3. The topological polar surface area (TPSA) is 49.4 Å². The SMILES string of the molecule is CC1NC(=O)C(C(C)C)N(Cc2cccc(Cl)c2F)C1=O. The average Bonchev–Trinajstić information content (AvgIpc) is 2.40. The van der Waals surface area contributed by atoms with E-state index in [1.54, 1.807) is 19.1 Å². The van der Waals surface area contributed by atoms with E-state index in [2.05, 4.69) is 5.32 Å². The minimum Gasteiger partial charge on any atom is -0.343 e. The zero-order chi connectivity index (χ0) is 15.7. The molecule has 2 amide bonds. The van der Waals surface area contributed by atoms with Crippen LogP contribution >= 0.6 is 11.6 Å². The van der Waals surface area contributed by atoms with Crippen LogP contribution in [0.4, 0.5) is 4.39 Å².